The van der Waals surface area contributed by atoms with Crippen LogP contribution in [0.4, 0.5) is 0 Å². The first-order valence-electron chi connectivity index (χ1n) is 7.68. The lowest BCUT2D eigenvalue weighted by molar-refractivity contribution is 0.588. The van der Waals surface area contributed by atoms with Gasteiger partial charge in [-0.2, -0.15) is 15.3 Å². The first kappa shape index (κ1) is 16.2. The molecule has 0 saturated carbocycles. The highest BCUT2D eigenvalue weighted by molar-refractivity contribution is 7.91. The third-order valence-electron chi connectivity index (χ3n) is 3.97. The number of aromatic nitrogens is 6. The van der Waals surface area contributed by atoms with Gasteiger partial charge in [0.15, 0.2) is 5.03 Å². The summed E-state index contributed by atoms with van der Waals surface area (Å²) in [6, 6.07) is 7.52. The van der Waals surface area contributed by atoms with Crippen molar-refractivity contribution in [1.82, 2.24) is 29.8 Å². The minimum Gasteiger partial charge on any atom is -0.285 e. The predicted molar refractivity (Wildman–Crippen MR) is 92.4 cm³/mol. The summed E-state index contributed by atoms with van der Waals surface area (Å²) in [4.78, 5) is 12.7. The van der Waals surface area contributed by atoms with Gasteiger partial charge in [0.1, 0.15) is 0 Å². The number of nitrogens with zero attached hydrogens (tertiary/aromatic N) is 5. The topological polar surface area (TPSA) is 116 Å². The van der Waals surface area contributed by atoms with Gasteiger partial charge in [-0.3, -0.25) is 14.6 Å². The molecule has 0 atom stereocenters. The van der Waals surface area contributed by atoms with Crippen LogP contribution in [0.2, 0.25) is 0 Å². The van der Waals surface area contributed by atoms with E-state index in [9.17, 15) is 13.2 Å². The third-order valence-corrected chi connectivity index (χ3v) is 5.61. The lowest BCUT2D eigenvalue weighted by Gasteiger charge is -2.06. The van der Waals surface area contributed by atoms with Crippen molar-refractivity contribution in [2.75, 3.05) is 0 Å². The van der Waals surface area contributed by atoms with Crippen LogP contribution in [0.25, 0.3) is 10.8 Å². The summed E-state index contributed by atoms with van der Waals surface area (Å²) in [5.41, 5.74) is 0.362. The summed E-state index contributed by atoms with van der Waals surface area (Å²) < 4.78 is 28.0. The maximum atomic E-state index is 12.7. The van der Waals surface area contributed by atoms with Crippen LogP contribution in [0.5, 0.6) is 0 Å². The Morgan fingerprint density at radius 3 is 2.73 bits per heavy atom. The second kappa shape index (κ2) is 5.92. The fraction of sp³-hybridized carbons (Fsp3) is 0.125. The Labute approximate surface area is 147 Å². The summed E-state index contributed by atoms with van der Waals surface area (Å²) in [6.07, 6.45) is 4.69. The number of aryl methyl sites for hydroxylation is 1. The van der Waals surface area contributed by atoms with E-state index in [1.54, 1.807) is 25.5 Å². The molecule has 4 rings (SSSR count). The molecule has 0 spiro atoms. The molecule has 0 amide bonds. The van der Waals surface area contributed by atoms with Crippen molar-refractivity contribution < 1.29 is 8.42 Å². The Morgan fingerprint density at radius 2 is 2.04 bits per heavy atom. The first-order valence-corrected chi connectivity index (χ1v) is 9.17. The van der Waals surface area contributed by atoms with Gasteiger partial charge in [-0.25, -0.2) is 13.1 Å². The number of sulfone groups is 1. The van der Waals surface area contributed by atoms with E-state index >= 15 is 0 Å². The maximum absolute atomic E-state index is 12.7. The Bertz CT molecular complexity index is 1250. The molecule has 9 nitrogen and oxygen atoms in total. The molecule has 132 valence electrons. The average molecular weight is 370 g/mol. The molecule has 1 aromatic carbocycles. The highest BCUT2D eigenvalue weighted by Gasteiger charge is 2.21. The van der Waals surface area contributed by atoms with Crippen molar-refractivity contribution in [2.45, 2.75) is 16.5 Å². The predicted octanol–water partition coefficient (Wildman–Crippen LogP) is 0.734. The van der Waals surface area contributed by atoms with Crippen LogP contribution < -0.4 is 5.56 Å². The molecule has 10 heteroatoms. The number of hydrogen-bond acceptors (Lipinski definition) is 6. The van der Waals surface area contributed by atoms with E-state index in [0.717, 1.165) is 0 Å². The SMILES string of the molecule is Cn1ccc(S(=O)(=O)c2ccc3c(=O)n(Cc4cc[nH]n4)ncc3c2)n1. The summed E-state index contributed by atoms with van der Waals surface area (Å²) in [5, 5.41) is 15.5. The van der Waals surface area contributed by atoms with Crippen LogP contribution in [-0.4, -0.2) is 38.2 Å². The molecule has 0 unspecified atom stereocenters. The van der Waals surface area contributed by atoms with E-state index in [0.29, 0.717) is 16.5 Å². The molecular formula is C16H14N6O3S. The Hall–Kier alpha value is -3.27. The quantitative estimate of drug-likeness (QED) is 0.566. The zero-order valence-electron chi connectivity index (χ0n) is 13.7. The second-order valence-electron chi connectivity index (χ2n) is 5.75. The molecule has 0 aliphatic rings. The average Bonchev–Trinajstić information content (AvgIpc) is 3.29. The molecule has 26 heavy (non-hydrogen) atoms. The lowest BCUT2D eigenvalue weighted by Crippen LogP contribution is -2.23. The van der Waals surface area contributed by atoms with Crippen LogP contribution >= 0.6 is 0 Å². The van der Waals surface area contributed by atoms with Gasteiger partial charge < -0.3 is 0 Å². The number of nitrogens with one attached hydrogen (secondary N) is 1. The minimum atomic E-state index is -3.76. The number of fused-ring (bicyclic) bond motifs is 1. The van der Waals surface area contributed by atoms with Crippen molar-refractivity contribution >= 4 is 20.6 Å². The molecule has 0 bridgehead atoms. The van der Waals surface area contributed by atoms with E-state index in [4.69, 9.17) is 0 Å². The molecule has 0 aliphatic heterocycles. The smallest absolute Gasteiger partial charge is 0.274 e. The van der Waals surface area contributed by atoms with Crippen molar-refractivity contribution in [2.24, 2.45) is 7.05 Å². The normalized spacial score (nSPS) is 11.9. The van der Waals surface area contributed by atoms with Gasteiger partial charge in [0, 0.05) is 24.8 Å². The van der Waals surface area contributed by atoms with Crippen LogP contribution in [0.15, 0.2) is 63.6 Å². The Kier molecular flexibility index (Phi) is 3.69. The van der Waals surface area contributed by atoms with E-state index in [1.165, 1.54) is 39.8 Å². The van der Waals surface area contributed by atoms with Crippen molar-refractivity contribution in [3.8, 4) is 0 Å². The molecule has 3 aromatic heterocycles. The maximum Gasteiger partial charge on any atom is 0.274 e. The number of aromatic amines is 1. The monoisotopic (exact) mass is 370 g/mol. The van der Waals surface area contributed by atoms with E-state index in [-0.39, 0.29) is 22.0 Å². The Morgan fingerprint density at radius 1 is 1.19 bits per heavy atom. The summed E-state index contributed by atoms with van der Waals surface area (Å²) in [6.45, 7) is 0.228. The van der Waals surface area contributed by atoms with Gasteiger partial charge in [0.05, 0.1) is 28.7 Å². The number of hydrogen-bond donors (Lipinski definition) is 1. The highest BCUT2D eigenvalue weighted by Crippen LogP contribution is 2.22. The molecule has 3 heterocycles. The van der Waals surface area contributed by atoms with Crippen molar-refractivity contribution in [1.29, 1.82) is 0 Å². The molecule has 0 fully saturated rings. The van der Waals surface area contributed by atoms with Crippen molar-refractivity contribution in [3.63, 3.8) is 0 Å². The van der Waals surface area contributed by atoms with E-state index in [1.807, 2.05) is 0 Å². The molecule has 0 radical (unpaired) electrons. The lowest BCUT2D eigenvalue weighted by atomic mass is 10.2. The zero-order valence-corrected chi connectivity index (χ0v) is 14.5. The van der Waals surface area contributed by atoms with Gasteiger partial charge >= 0.3 is 0 Å². The summed E-state index contributed by atoms with van der Waals surface area (Å²) in [5.74, 6) is 0. The minimum absolute atomic E-state index is 0.0424. The summed E-state index contributed by atoms with van der Waals surface area (Å²) in [7, 11) is -2.11. The third kappa shape index (κ3) is 2.69. The van der Waals surface area contributed by atoms with E-state index in [2.05, 4.69) is 20.4 Å². The van der Waals surface area contributed by atoms with Crippen molar-refractivity contribution in [3.05, 3.63) is 65.0 Å². The fourth-order valence-electron chi connectivity index (χ4n) is 2.64. The second-order valence-corrected chi connectivity index (χ2v) is 7.65. The van der Waals surface area contributed by atoms with Crippen LogP contribution in [0, 0.1) is 0 Å². The number of rotatable bonds is 4. The Balaban J connectivity index is 1.78. The van der Waals surface area contributed by atoms with Gasteiger partial charge in [-0.15, -0.1) is 0 Å². The van der Waals surface area contributed by atoms with Crippen LogP contribution in [-0.2, 0) is 23.4 Å². The number of H-pyrrole nitrogens is 1. The molecule has 0 saturated heterocycles. The molecule has 0 aliphatic carbocycles. The van der Waals surface area contributed by atoms with Gasteiger partial charge in [0.2, 0.25) is 9.84 Å². The fourth-order valence-corrected chi connectivity index (χ4v) is 3.88. The number of benzene rings is 1. The highest BCUT2D eigenvalue weighted by atomic mass is 32.2. The van der Waals surface area contributed by atoms with Crippen LogP contribution in [0.1, 0.15) is 5.69 Å². The van der Waals surface area contributed by atoms with Crippen LogP contribution in [0.3, 0.4) is 0 Å². The largest absolute Gasteiger partial charge is 0.285 e. The molecular weight excluding hydrogens is 356 g/mol. The standard InChI is InChI=1S/C16H14N6O3S/c1-21-7-5-15(20-21)26(24,25)13-2-3-14-11(8-13)9-18-22(16(14)23)10-12-4-6-17-19-12/h2-9H,10H2,1H3,(H,17,19). The summed E-state index contributed by atoms with van der Waals surface area (Å²) >= 11 is 0. The van der Waals surface area contributed by atoms with Gasteiger partial charge in [0.25, 0.3) is 5.56 Å². The zero-order chi connectivity index (χ0) is 18.3. The molecule has 1 N–H and O–H groups in total. The van der Waals surface area contributed by atoms with Gasteiger partial charge in [-0.1, -0.05) is 0 Å². The molecule has 4 aromatic rings. The van der Waals surface area contributed by atoms with Gasteiger partial charge in [-0.05, 0) is 30.3 Å². The van der Waals surface area contributed by atoms with E-state index < -0.39 is 9.84 Å². The first-order chi connectivity index (χ1) is 12.4.